The van der Waals surface area contributed by atoms with Gasteiger partial charge in [-0.05, 0) is 85.8 Å². The van der Waals surface area contributed by atoms with E-state index in [0.717, 1.165) is 30.3 Å². The lowest BCUT2D eigenvalue weighted by molar-refractivity contribution is 0.0697. The number of phenols is 1. The molecule has 6 aromatic carbocycles. The molecule has 0 radical (unpaired) electrons. The van der Waals surface area contributed by atoms with Crippen LogP contribution < -0.4 is 26.7 Å². The van der Waals surface area contributed by atoms with Gasteiger partial charge in [-0.15, -0.1) is 10.2 Å². The van der Waals surface area contributed by atoms with Crippen LogP contribution in [0.3, 0.4) is 0 Å². The molecule has 2 heterocycles. The Morgan fingerprint density at radius 2 is 1.10 bits per heavy atom. The summed E-state index contributed by atoms with van der Waals surface area (Å²) in [5.74, 6) is -4.56. The minimum atomic E-state index is -5.29. The molecule has 0 aliphatic carbocycles. The number of rotatable bonds is 21. The lowest BCUT2D eigenvalue weighted by atomic mass is 10.1. The van der Waals surface area contributed by atoms with Crippen LogP contribution in [0.5, 0.6) is 5.75 Å². The normalized spacial score (nSPS) is 13.0. The molecule has 0 aliphatic heterocycles. The number of aromatic nitrogens is 6. The van der Waals surface area contributed by atoms with Crippen LogP contribution in [0.15, 0.2) is 159 Å². The Hall–Kier alpha value is -9.85. The van der Waals surface area contributed by atoms with Crippen LogP contribution in [0, 0.1) is 12.2 Å². The van der Waals surface area contributed by atoms with Crippen molar-refractivity contribution >= 4 is 131 Å². The number of hydrogen-bond acceptors (Lipinski definition) is 27. The molecule has 12 N–H and O–H groups in total. The third kappa shape index (κ3) is 15.7. The molecule has 0 fully saturated rings. The first-order valence-electron chi connectivity index (χ1n) is 23.1. The number of aromatic carboxylic acids is 1. The highest BCUT2D eigenvalue weighted by Gasteiger charge is 2.27. The van der Waals surface area contributed by atoms with Crippen LogP contribution >= 0.6 is 0 Å². The molecule has 8 aromatic rings. The summed E-state index contributed by atoms with van der Waals surface area (Å²) in [4.78, 5) is 29.4. The van der Waals surface area contributed by atoms with Gasteiger partial charge in [0.25, 0.3) is 50.6 Å². The lowest BCUT2D eigenvalue weighted by Crippen LogP contribution is -2.27. The van der Waals surface area contributed by atoms with Crippen molar-refractivity contribution in [2.75, 3.05) is 33.2 Å². The molecule has 1 unspecified atom stereocenters. The molecule has 0 amide bonds. The van der Waals surface area contributed by atoms with Crippen LogP contribution in [0.2, 0.25) is 0 Å². The zero-order chi connectivity index (χ0) is 62.7. The first-order valence-corrected chi connectivity index (χ1v) is 30.3. The predicted molar refractivity (Wildman–Crippen MR) is 294 cm³/mol. The molecule has 2 aromatic heterocycles. The molecular formula is C45H36F2N16O18S5. The average molecular weight is 1290 g/mol. The highest BCUT2D eigenvalue weighted by molar-refractivity contribution is 7.87. The highest BCUT2D eigenvalue weighted by Crippen LogP contribution is 2.38. The summed E-state index contributed by atoms with van der Waals surface area (Å²) in [6.07, 6.45) is -2.67. The second-order valence-corrected chi connectivity index (χ2v) is 24.3. The van der Waals surface area contributed by atoms with Crippen LogP contribution in [0.25, 0.3) is 10.8 Å². The number of nitrogens with one attached hydrogen (secondary N) is 5. The number of halogens is 2. The Morgan fingerprint density at radius 3 is 1.72 bits per heavy atom. The van der Waals surface area contributed by atoms with E-state index in [-0.39, 0.29) is 35.4 Å². The number of fused-ring (bicyclic) bond motifs is 1. The van der Waals surface area contributed by atoms with E-state index in [2.05, 4.69) is 82.2 Å². The van der Waals surface area contributed by atoms with Gasteiger partial charge in [0.15, 0.2) is 5.75 Å². The third-order valence-corrected chi connectivity index (χ3v) is 15.4. The minimum Gasteiger partial charge on any atom is -0.504 e. The first-order chi connectivity index (χ1) is 40.2. The number of amidine groups is 1. The van der Waals surface area contributed by atoms with E-state index >= 15 is 0 Å². The van der Waals surface area contributed by atoms with Gasteiger partial charge in [-0.2, -0.15) is 96.1 Å². The van der Waals surface area contributed by atoms with Gasteiger partial charge in [-0.25, -0.2) is 4.79 Å². The zero-order valence-corrected chi connectivity index (χ0v) is 46.6. The first kappa shape index (κ1) is 62.2. The van der Waals surface area contributed by atoms with Crippen molar-refractivity contribution < 1.29 is 88.6 Å². The second kappa shape index (κ2) is 24.4. The largest absolute Gasteiger partial charge is 0.504 e. The lowest BCUT2D eigenvalue weighted by Gasteiger charge is -2.16. The molecule has 34 nitrogen and oxygen atoms in total. The average Bonchev–Trinajstić information content (AvgIpc) is 1.67. The van der Waals surface area contributed by atoms with Crippen molar-refractivity contribution in [3.8, 4) is 5.75 Å². The smallest absolute Gasteiger partial charge is 0.337 e. The number of carboxylic acid groups (broad SMARTS) is 1. The molecule has 448 valence electrons. The van der Waals surface area contributed by atoms with E-state index < -0.39 is 162 Å². The monoisotopic (exact) mass is 1290 g/mol. The van der Waals surface area contributed by atoms with Gasteiger partial charge in [0.05, 0.1) is 37.3 Å². The number of anilines is 7. The standard InChI is InChI=1S/C45H36F2N16O18S5/c1-21(20-48-42-52-40(46)54-44(56-42)50-23-7-9-24(10-8-23)58-59-25-13-30-31(35(14-25)85(76,77)78)15-27(83(70,71)72)19-36(30)86(79,80)81)49-43-53-41(47)55-45(57-43)51-33-17-28(84(73,74)75)18-34(37(33)64)61-63-38(22-5-3-2-4-6-22)62-60-32-16-26(82(67,68)69)11-12-29(32)39(65)66/h2-19,21,61,64H,20H2,1H3,(H,65,66)(H,67,68,69)(H,70,71,72)(H,73,74,75)(H,76,77,78)(H,79,80,81)(H2,48,50,52,54,56)(H2,49,51,53,55,57). The molecule has 0 spiro atoms. The quantitative estimate of drug-likeness (QED) is 0.00912. The number of nitrogens with zero attached hydrogens (tertiary/aromatic N) is 11. The van der Waals surface area contributed by atoms with Gasteiger partial charge in [0, 0.05) is 34.6 Å². The van der Waals surface area contributed by atoms with E-state index in [4.69, 9.17) is 0 Å². The number of carbonyl (C=O) groups is 1. The summed E-state index contributed by atoms with van der Waals surface area (Å²) in [5, 5.41) is 49.8. The topological polar surface area (TPSA) is 529 Å². The molecule has 0 saturated carbocycles. The Balaban J connectivity index is 0.954. The zero-order valence-electron chi connectivity index (χ0n) is 42.5. The molecular weight excluding hydrogens is 1250 g/mol. The fourth-order valence-corrected chi connectivity index (χ4v) is 10.3. The maximum absolute atomic E-state index is 14.9. The van der Waals surface area contributed by atoms with Crippen LogP contribution in [0.4, 0.5) is 66.7 Å². The van der Waals surface area contributed by atoms with Crippen molar-refractivity contribution in [3.05, 3.63) is 132 Å². The summed E-state index contributed by atoms with van der Waals surface area (Å²) >= 11 is 0. The van der Waals surface area contributed by atoms with Crippen molar-refractivity contribution in [1.82, 2.24) is 29.9 Å². The number of hydrogen-bond donors (Lipinski definition) is 12. The van der Waals surface area contributed by atoms with Crippen molar-refractivity contribution in [2.45, 2.75) is 37.4 Å². The van der Waals surface area contributed by atoms with E-state index in [0.29, 0.717) is 24.3 Å². The summed E-state index contributed by atoms with van der Waals surface area (Å²) in [6.45, 7) is 1.37. The van der Waals surface area contributed by atoms with E-state index in [1.54, 1.807) is 6.07 Å². The van der Waals surface area contributed by atoms with Gasteiger partial charge < -0.3 is 31.5 Å². The third-order valence-electron chi connectivity index (χ3n) is 11.1. The SMILES string of the molecule is CC(CNc1nc(F)nc(Nc2ccc(N=Nc3cc(S(=O)(=O)O)c4cc(S(=O)(=O)O)cc(S(=O)(=O)O)c4c3)cc2)n1)Nc1nc(F)nc(Nc2cc(S(=O)(=O)O)cc(NN=C(N=Nc3cc(S(=O)(=O)O)ccc3C(=O)O)c3ccccc3)c2O)n1. The van der Waals surface area contributed by atoms with E-state index in [1.807, 2.05) is 0 Å². The Bertz CT molecular complexity index is 4730. The summed E-state index contributed by atoms with van der Waals surface area (Å²) < 4.78 is 200. The van der Waals surface area contributed by atoms with Gasteiger partial charge >= 0.3 is 18.1 Å². The van der Waals surface area contributed by atoms with Crippen LogP contribution in [0.1, 0.15) is 22.8 Å². The Labute approximate surface area is 481 Å². The molecule has 0 saturated heterocycles. The predicted octanol–water partition coefficient (Wildman–Crippen LogP) is 6.50. The Kier molecular flexibility index (Phi) is 17.6. The number of azo groups is 2. The molecule has 86 heavy (non-hydrogen) atoms. The molecule has 0 aliphatic rings. The van der Waals surface area contributed by atoms with Crippen LogP contribution in [-0.4, -0.2) is 129 Å². The van der Waals surface area contributed by atoms with Crippen molar-refractivity contribution in [2.24, 2.45) is 25.6 Å². The maximum Gasteiger partial charge on any atom is 0.337 e. The molecule has 0 bridgehead atoms. The Morgan fingerprint density at radius 1 is 0.558 bits per heavy atom. The molecule has 1 atom stereocenters. The van der Waals surface area contributed by atoms with Crippen LogP contribution in [-0.2, 0) is 50.6 Å². The summed E-state index contributed by atoms with van der Waals surface area (Å²) in [6, 6.07) is 18.5. The minimum absolute atomic E-state index is 0.0659. The van der Waals surface area contributed by atoms with Gasteiger partial charge in [0.1, 0.15) is 21.2 Å². The van der Waals surface area contributed by atoms with Gasteiger partial charge in [0.2, 0.25) is 29.6 Å². The van der Waals surface area contributed by atoms with E-state index in [1.165, 1.54) is 55.5 Å². The fourth-order valence-electron chi connectivity index (χ4n) is 7.26. The van der Waals surface area contributed by atoms with Crippen molar-refractivity contribution in [3.63, 3.8) is 0 Å². The molecule has 8 rings (SSSR count). The molecule has 41 heteroatoms. The van der Waals surface area contributed by atoms with Gasteiger partial charge in [-0.1, -0.05) is 30.3 Å². The maximum atomic E-state index is 14.9. The highest BCUT2D eigenvalue weighted by atomic mass is 32.2. The fraction of sp³-hybridized carbons (Fsp3) is 0.0667. The summed E-state index contributed by atoms with van der Waals surface area (Å²) in [7, 11) is -25.6. The number of aromatic hydroxyl groups is 1. The summed E-state index contributed by atoms with van der Waals surface area (Å²) in [5.41, 5.74) is 0.150. The van der Waals surface area contributed by atoms with Gasteiger partial charge in [-0.3, -0.25) is 28.2 Å². The van der Waals surface area contributed by atoms with E-state index in [9.17, 15) is 88.6 Å². The van der Waals surface area contributed by atoms with Crippen molar-refractivity contribution in [1.29, 1.82) is 0 Å². The second-order valence-electron chi connectivity index (χ2n) is 17.2. The number of hydrazone groups is 1. The number of carboxylic acids is 1. The number of phenolic OH excluding ortho intramolecular Hbond substituents is 1. The number of benzene rings is 6.